The molecule has 0 radical (unpaired) electrons. The van der Waals surface area contributed by atoms with Crippen LogP contribution in [0.4, 0.5) is 18.9 Å². The van der Waals surface area contributed by atoms with Crippen LogP contribution in [0, 0.1) is 5.92 Å². The van der Waals surface area contributed by atoms with Crippen molar-refractivity contribution in [3.8, 4) is 0 Å². The molecular weight excluding hydrogens is 479 g/mol. The van der Waals surface area contributed by atoms with Crippen molar-refractivity contribution in [2.75, 3.05) is 11.6 Å². The highest BCUT2D eigenvalue weighted by atomic mass is 19.4. The van der Waals surface area contributed by atoms with E-state index in [0.29, 0.717) is 24.1 Å². The van der Waals surface area contributed by atoms with E-state index in [1.54, 1.807) is 24.3 Å². The van der Waals surface area contributed by atoms with Gasteiger partial charge in [0, 0.05) is 6.54 Å². The average Bonchev–Trinajstić information content (AvgIpc) is 3.39. The zero-order valence-corrected chi connectivity index (χ0v) is 20.2. The van der Waals surface area contributed by atoms with Crippen molar-refractivity contribution in [3.05, 3.63) is 101 Å². The molecule has 1 heterocycles. The number of alkyl halides is 3. The number of rotatable bonds is 4. The van der Waals surface area contributed by atoms with Crippen LogP contribution in [0.3, 0.4) is 0 Å². The molecule has 2 atom stereocenters. The average molecular weight is 508 g/mol. The van der Waals surface area contributed by atoms with E-state index in [4.69, 9.17) is 5.84 Å². The summed E-state index contributed by atoms with van der Waals surface area (Å²) in [6, 6.07) is 18.8. The molecule has 1 saturated heterocycles. The first-order chi connectivity index (χ1) is 17.8. The van der Waals surface area contributed by atoms with Crippen LogP contribution < -0.4 is 10.9 Å². The number of anilines is 1. The minimum atomic E-state index is -4.68. The minimum absolute atomic E-state index is 0.234. The number of fused-ring (bicyclic) bond motifs is 1. The first-order valence-electron chi connectivity index (χ1n) is 12.5. The van der Waals surface area contributed by atoms with E-state index >= 15 is 0 Å². The Kier molecular flexibility index (Phi) is 6.77. The number of nitrogens with two attached hydrogens (primary N) is 1. The van der Waals surface area contributed by atoms with Crippen LogP contribution in [0.25, 0.3) is 0 Å². The smallest absolute Gasteiger partial charge is 0.331 e. The summed E-state index contributed by atoms with van der Waals surface area (Å²) in [6.07, 6.45) is -0.751. The van der Waals surface area contributed by atoms with Crippen LogP contribution in [0.1, 0.15) is 57.9 Å². The van der Waals surface area contributed by atoms with Crippen molar-refractivity contribution < 1.29 is 22.8 Å². The Morgan fingerprint density at radius 1 is 0.892 bits per heavy atom. The molecule has 1 aliphatic heterocycles. The van der Waals surface area contributed by atoms with Gasteiger partial charge in [-0.05, 0) is 73.1 Å². The number of benzene rings is 3. The third kappa shape index (κ3) is 4.85. The van der Waals surface area contributed by atoms with Crippen LogP contribution in [-0.2, 0) is 23.8 Å². The predicted molar refractivity (Wildman–Crippen MR) is 135 cm³/mol. The Morgan fingerprint density at radius 3 is 2.35 bits per heavy atom. The molecule has 3 aromatic rings. The standard InChI is InChI=1S/C29H28F3N3O2/c30-29(31,32)25-14-5-4-12-23(25)27(36)34-17-7-13-24(26(34)20-8-2-1-3-9-20)28(37)35(33)22-16-15-19-10-6-11-21(19)18-22/h1-5,8-9,12,14-16,18,24,26H,6-7,10-11,13,17,33H2/t24?,26-/m0/s1. The number of likely N-dealkylation sites (tertiary alicyclic amines) is 1. The van der Waals surface area contributed by atoms with Gasteiger partial charge in [-0.25, -0.2) is 10.9 Å². The molecule has 3 aromatic carbocycles. The number of hydrogen-bond donors (Lipinski definition) is 1. The molecule has 192 valence electrons. The number of aryl methyl sites for hydroxylation is 2. The second-order valence-corrected chi connectivity index (χ2v) is 9.66. The summed E-state index contributed by atoms with van der Waals surface area (Å²) in [5.41, 5.74) is 2.27. The number of halogens is 3. The van der Waals surface area contributed by atoms with Gasteiger partial charge in [-0.15, -0.1) is 0 Å². The molecule has 37 heavy (non-hydrogen) atoms. The molecule has 5 rings (SSSR count). The summed E-state index contributed by atoms with van der Waals surface area (Å²) >= 11 is 0. The van der Waals surface area contributed by atoms with E-state index in [1.807, 2.05) is 24.3 Å². The predicted octanol–water partition coefficient (Wildman–Crippen LogP) is 5.69. The molecule has 1 fully saturated rings. The summed E-state index contributed by atoms with van der Waals surface area (Å²) in [5, 5.41) is 1.14. The van der Waals surface area contributed by atoms with Gasteiger partial charge >= 0.3 is 6.18 Å². The van der Waals surface area contributed by atoms with Crippen LogP contribution in [0.2, 0.25) is 0 Å². The number of amides is 2. The summed E-state index contributed by atoms with van der Waals surface area (Å²) < 4.78 is 41.2. The number of hydrogen-bond acceptors (Lipinski definition) is 3. The lowest BCUT2D eigenvalue weighted by atomic mass is 9.83. The van der Waals surface area contributed by atoms with Crippen molar-refractivity contribution >= 4 is 17.5 Å². The van der Waals surface area contributed by atoms with E-state index < -0.39 is 35.2 Å². The quantitative estimate of drug-likeness (QED) is 0.280. The van der Waals surface area contributed by atoms with E-state index in [2.05, 4.69) is 0 Å². The van der Waals surface area contributed by atoms with Crippen molar-refractivity contribution in [3.63, 3.8) is 0 Å². The SMILES string of the molecule is NN(C(=O)C1CCCN(C(=O)c2ccccc2C(F)(F)F)[C@H]1c1ccccc1)c1ccc2c(c1)CCC2. The van der Waals surface area contributed by atoms with Crippen LogP contribution in [0.5, 0.6) is 0 Å². The van der Waals surface area contributed by atoms with Crippen molar-refractivity contribution in [1.82, 2.24) is 4.90 Å². The number of nitrogens with zero attached hydrogens (tertiary/aromatic N) is 2. The fourth-order valence-electron chi connectivity index (χ4n) is 5.63. The first-order valence-corrected chi connectivity index (χ1v) is 12.5. The maximum absolute atomic E-state index is 13.8. The number of piperidine rings is 1. The van der Waals surface area contributed by atoms with Crippen molar-refractivity contribution in [2.24, 2.45) is 11.8 Å². The molecule has 0 bridgehead atoms. The van der Waals surface area contributed by atoms with E-state index in [9.17, 15) is 22.8 Å². The summed E-state index contributed by atoms with van der Waals surface area (Å²) in [6.45, 7) is 0.234. The topological polar surface area (TPSA) is 66.6 Å². The Morgan fingerprint density at radius 2 is 1.59 bits per heavy atom. The molecule has 0 aromatic heterocycles. The Hall–Kier alpha value is -3.65. The molecular formula is C29H28F3N3O2. The Labute approximate surface area is 213 Å². The minimum Gasteiger partial charge on any atom is -0.331 e. The lowest BCUT2D eigenvalue weighted by Gasteiger charge is -2.42. The van der Waals surface area contributed by atoms with Crippen molar-refractivity contribution in [1.29, 1.82) is 0 Å². The monoisotopic (exact) mass is 507 g/mol. The van der Waals surface area contributed by atoms with Gasteiger partial charge in [-0.3, -0.25) is 9.59 Å². The highest BCUT2D eigenvalue weighted by Gasteiger charge is 2.43. The van der Waals surface area contributed by atoms with Gasteiger partial charge in [0.2, 0.25) is 5.91 Å². The highest BCUT2D eigenvalue weighted by molar-refractivity contribution is 5.98. The second-order valence-electron chi connectivity index (χ2n) is 9.66. The maximum Gasteiger partial charge on any atom is 0.417 e. The molecule has 0 spiro atoms. The number of carbonyl (C=O) groups is 2. The third-order valence-electron chi connectivity index (χ3n) is 7.41. The zero-order chi connectivity index (χ0) is 26.2. The van der Waals surface area contributed by atoms with Gasteiger partial charge in [0.15, 0.2) is 0 Å². The maximum atomic E-state index is 13.8. The molecule has 8 heteroatoms. The lowest BCUT2D eigenvalue weighted by molar-refractivity contribution is -0.138. The fourth-order valence-corrected chi connectivity index (χ4v) is 5.63. The molecule has 1 aliphatic carbocycles. The molecule has 2 aliphatic rings. The third-order valence-corrected chi connectivity index (χ3v) is 7.41. The van der Waals surface area contributed by atoms with Gasteiger partial charge in [0.25, 0.3) is 5.91 Å². The zero-order valence-electron chi connectivity index (χ0n) is 20.2. The van der Waals surface area contributed by atoms with Gasteiger partial charge in [-0.2, -0.15) is 13.2 Å². The van der Waals surface area contributed by atoms with Gasteiger partial charge in [0.05, 0.1) is 28.8 Å². The first kappa shape index (κ1) is 25.0. The molecule has 2 N–H and O–H groups in total. The normalized spacial score (nSPS) is 19.4. The lowest BCUT2D eigenvalue weighted by Crippen LogP contribution is -2.51. The van der Waals surface area contributed by atoms with Gasteiger partial charge in [-0.1, -0.05) is 48.5 Å². The van der Waals surface area contributed by atoms with E-state index in [0.717, 1.165) is 30.3 Å². The number of carbonyl (C=O) groups excluding carboxylic acids is 2. The Balaban J connectivity index is 1.51. The fraction of sp³-hybridized carbons (Fsp3) is 0.310. The van der Waals surface area contributed by atoms with Crippen LogP contribution in [0.15, 0.2) is 72.8 Å². The van der Waals surface area contributed by atoms with E-state index in [1.165, 1.54) is 34.2 Å². The van der Waals surface area contributed by atoms with Gasteiger partial charge < -0.3 is 4.90 Å². The summed E-state index contributed by atoms with van der Waals surface area (Å²) in [7, 11) is 0. The summed E-state index contributed by atoms with van der Waals surface area (Å²) in [4.78, 5) is 28.9. The van der Waals surface area contributed by atoms with Crippen LogP contribution in [-0.4, -0.2) is 23.3 Å². The number of hydrazine groups is 1. The van der Waals surface area contributed by atoms with Gasteiger partial charge in [0.1, 0.15) is 0 Å². The van der Waals surface area contributed by atoms with E-state index in [-0.39, 0.29) is 12.5 Å². The van der Waals surface area contributed by atoms with Crippen LogP contribution >= 0.6 is 0 Å². The molecule has 1 unspecified atom stereocenters. The van der Waals surface area contributed by atoms with Crippen molar-refractivity contribution in [2.45, 2.75) is 44.3 Å². The summed E-state index contributed by atoms with van der Waals surface area (Å²) in [5.74, 6) is 4.52. The second kappa shape index (κ2) is 10.0. The Bertz CT molecular complexity index is 1310. The molecule has 5 nitrogen and oxygen atoms in total. The molecule has 0 saturated carbocycles. The highest BCUT2D eigenvalue weighted by Crippen LogP contribution is 2.40. The largest absolute Gasteiger partial charge is 0.417 e. The molecule has 2 amide bonds.